The quantitative estimate of drug-likeness (QED) is 0.393. The van der Waals surface area contributed by atoms with Gasteiger partial charge >= 0.3 is 11.9 Å². The first-order chi connectivity index (χ1) is 12.8. The third-order valence-electron chi connectivity index (χ3n) is 5.34. The first kappa shape index (κ1) is 21.8. The van der Waals surface area contributed by atoms with Crippen LogP contribution in [0.25, 0.3) is 0 Å². The minimum atomic E-state index is -3.21. The number of aliphatic hydroxyl groups excluding tert-OH is 2. The minimum absolute atomic E-state index is 0.0811. The highest BCUT2D eigenvalue weighted by Crippen LogP contribution is 2.54. The van der Waals surface area contributed by atoms with Crippen molar-refractivity contribution < 1.29 is 33.6 Å². The number of carboxylic acids is 1. The summed E-state index contributed by atoms with van der Waals surface area (Å²) in [6, 6.07) is 0. The maximum absolute atomic E-state index is 14.8. The van der Waals surface area contributed by atoms with E-state index < -0.39 is 47.8 Å². The van der Waals surface area contributed by atoms with Gasteiger partial charge < -0.3 is 20.1 Å². The largest absolute Gasteiger partial charge is 0.488 e. The number of halogens is 2. The number of allylic oxidation sites excluding steroid dienone is 2. The number of carboxylic acid groups (broad SMARTS) is 1. The van der Waals surface area contributed by atoms with E-state index in [2.05, 4.69) is 6.92 Å². The zero-order chi connectivity index (χ0) is 20.0. The molecule has 0 aromatic carbocycles. The van der Waals surface area contributed by atoms with E-state index in [4.69, 9.17) is 9.84 Å². The molecule has 1 aliphatic carbocycles. The van der Waals surface area contributed by atoms with Gasteiger partial charge in [-0.25, -0.2) is 0 Å². The third-order valence-corrected chi connectivity index (χ3v) is 5.34. The number of fused-ring (bicyclic) bond motifs is 1. The molecule has 0 amide bonds. The van der Waals surface area contributed by atoms with Crippen LogP contribution in [0.5, 0.6) is 0 Å². The van der Waals surface area contributed by atoms with Crippen molar-refractivity contribution in [3.8, 4) is 0 Å². The lowest BCUT2D eigenvalue weighted by atomic mass is 9.87. The lowest BCUT2D eigenvalue weighted by molar-refractivity contribution is -0.137. The van der Waals surface area contributed by atoms with Gasteiger partial charge in [-0.1, -0.05) is 38.3 Å². The molecule has 0 aromatic heterocycles. The van der Waals surface area contributed by atoms with Gasteiger partial charge in [0.2, 0.25) is 0 Å². The van der Waals surface area contributed by atoms with Crippen molar-refractivity contribution in [3.63, 3.8) is 0 Å². The lowest BCUT2D eigenvalue weighted by Gasteiger charge is -2.22. The Morgan fingerprint density at radius 3 is 2.78 bits per heavy atom. The summed E-state index contributed by atoms with van der Waals surface area (Å²) in [5.41, 5.74) is 0. The van der Waals surface area contributed by atoms with Crippen LogP contribution in [-0.2, 0) is 9.53 Å². The van der Waals surface area contributed by atoms with E-state index in [0.29, 0.717) is 6.42 Å². The predicted octanol–water partition coefficient (Wildman–Crippen LogP) is 3.65. The molecule has 2 rings (SSSR count). The highest BCUT2D eigenvalue weighted by atomic mass is 19.3. The normalized spacial score (nSPS) is 32.0. The van der Waals surface area contributed by atoms with Gasteiger partial charge in [-0.15, -0.1) is 0 Å². The summed E-state index contributed by atoms with van der Waals surface area (Å²) in [5, 5.41) is 28.8. The molecule has 0 aromatic rings. The average Bonchev–Trinajstić information content (AvgIpc) is 3.03. The Hall–Kier alpha value is -1.47. The van der Waals surface area contributed by atoms with Gasteiger partial charge in [-0.3, -0.25) is 4.79 Å². The van der Waals surface area contributed by atoms with Crippen LogP contribution in [0.2, 0.25) is 0 Å². The Bertz CT molecular complexity index is 561. The first-order valence-corrected chi connectivity index (χ1v) is 9.78. The molecule has 27 heavy (non-hydrogen) atoms. The topological polar surface area (TPSA) is 87.0 Å². The summed E-state index contributed by atoms with van der Waals surface area (Å²) >= 11 is 0. The summed E-state index contributed by atoms with van der Waals surface area (Å²) in [6.07, 6.45) is 5.87. The van der Waals surface area contributed by atoms with Gasteiger partial charge in [-0.05, 0) is 25.3 Å². The standard InChI is InChI=1S/C20H30F2O5/c1-2-3-4-7-13(23)10-11-14-15(24)12-16-19(14)20(21,22)17(27-16)8-5-6-9-18(25)26/h8,10-11,13-16,19,23-24H,2-7,9,12H2,1H3,(H,25,26)/b11-10+,17-8-. The fourth-order valence-corrected chi connectivity index (χ4v) is 3.91. The SMILES string of the molecule is CCCCCC(O)/C=C/C1C(O)CC2O/C(=C\CCCC(=O)O)C(F)(F)C21. The molecule has 5 nitrogen and oxygen atoms in total. The van der Waals surface area contributed by atoms with Gasteiger partial charge in [-0.2, -0.15) is 8.78 Å². The average molecular weight is 388 g/mol. The van der Waals surface area contributed by atoms with Crippen molar-refractivity contribution in [2.45, 2.75) is 82.5 Å². The first-order valence-electron chi connectivity index (χ1n) is 9.78. The van der Waals surface area contributed by atoms with E-state index in [-0.39, 0.29) is 25.7 Å². The number of unbranched alkanes of at least 4 members (excludes halogenated alkanes) is 3. The van der Waals surface area contributed by atoms with Crippen molar-refractivity contribution in [1.29, 1.82) is 0 Å². The van der Waals surface area contributed by atoms with Gasteiger partial charge in [0.15, 0.2) is 5.76 Å². The molecule has 1 heterocycles. The highest BCUT2D eigenvalue weighted by Gasteiger charge is 2.63. The maximum Gasteiger partial charge on any atom is 0.310 e. The molecule has 1 aliphatic heterocycles. The maximum atomic E-state index is 14.8. The van der Waals surface area contributed by atoms with Gasteiger partial charge in [0, 0.05) is 18.8 Å². The molecule has 2 fully saturated rings. The zero-order valence-electron chi connectivity index (χ0n) is 15.7. The number of hydrogen-bond donors (Lipinski definition) is 3. The van der Waals surface area contributed by atoms with Crippen LogP contribution in [0, 0.1) is 11.8 Å². The summed E-state index contributed by atoms with van der Waals surface area (Å²) < 4.78 is 35.1. The Balaban J connectivity index is 2.01. The molecule has 0 spiro atoms. The number of carbonyl (C=O) groups is 1. The van der Waals surface area contributed by atoms with Crippen LogP contribution in [0.1, 0.15) is 58.3 Å². The molecule has 7 heteroatoms. The van der Waals surface area contributed by atoms with Crippen LogP contribution < -0.4 is 0 Å². The second kappa shape index (κ2) is 9.64. The van der Waals surface area contributed by atoms with E-state index in [9.17, 15) is 23.8 Å². The second-order valence-corrected chi connectivity index (χ2v) is 7.49. The van der Waals surface area contributed by atoms with Crippen LogP contribution in [0.4, 0.5) is 8.78 Å². The predicted molar refractivity (Wildman–Crippen MR) is 96.3 cm³/mol. The van der Waals surface area contributed by atoms with Crippen molar-refractivity contribution in [2.24, 2.45) is 11.8 Å². The number of ether oxygens (including phenoxy) is 1. The Labute approximate surface area is 158 Å². The van der Waals surface area contributed by atoms with Crippen LogP contribution in [-0.4, -0.2) is 45.5 Å². The molecule has 0 radical (unpaired) electrons. The molecule has 2 aliphatic rings. The summed E-state index contributed by atoms with van der Waals surface area (Å²) in [4.78, 5) is 10.5. The number of hydrogen-bond acceptors (Lipinski definition) is 4. The fraction of sp³-hybridized carbons (Fsp3) is 0.750. The summed E-state index contributed by atoms with van der Waals surface area (Å²) in [6.45, 7) is 2.06. The lowest BCUT2D eigenvalue weighted by Crippen LogP contribution is -2.33. The Morgan fingerprint density at radius 2 is 2.11 bits per heavy atom. The van der Waals surface area contributed by atoms with Gasteiger partial charge in [0.1, 0.15) is 6.10 Å². The van der Waals surface area contributed by atoms with Crippen LogP contribution in [0.15, 0.2) is 24.0 Å². The van der Waals surface area contributed by atoms with E-state index >= 15 is 0 Å². The molecule has 5 atom stereocenters. The monoisotopic (exact) mass is 388 g/mol. The molecule has 1 saturated heterocycles. The smallest absolute Gasteiger partial charge is 0.310 e. The van der Waals surface area contributed by atoms with E-state index in [1.54, 1.807) is 0 Å². The highest BCUT2D eigenvalue weighted by molar-refractivity contribution is 5.66. The number of aliphatic carboxylic acids is 1. The fourth-order valence-electron chi connectivity index (χ4n) is 3.91. The van der Waals surface area contributed by atoms with E-state index in [0.717, 1.165) is 19.3 Å². The van der Waals surface area contributed by atoms with Crippen LogP contribution in [0.3, 0.4) is 0 Å². The van der Waals surface area contributed by atoms with Crippen molar-refractivity contribution >= 4 is 5.97 Å². The van der Waals surface area contributed by atoms with Crippen molar-refractivity contribution in [2.75, 3.05) is 0 Å². The summed E-state index contributed by atoms with van der Waals surface area (Å²) in [5.74, 6) is -6.55. The number of aliphatic hydroxyl groups is 2. The Morgan fingerprint density at radius 1 is 1.37 bits per heavy atom. The van der Waals surface area contributed by atoms with Crippen molar-refractivity contribution in [1.82, 2.24) is 0 Å². The molecule has 1 saturated carbocycles. The summed E-state index contributed by atoms with van der Waals surface area (Å²) in [7, 11) is 0. The molecular weight excluding hydrogens is 358 g/mol. The molecule has 0 bridgehead atoms. The van der Waals surface area contributed by atoms with E-state index in [1.165, 1.54) is 18.2 Å². The van der Waals surface area contributed by atoms with Gasteiger partial charge in [0.25, 0.3) is 0 Å². The van der Waals surface area contributed by atoms with Gasteiger partial charge in [0.05, 0.1) is 18.1 Å². The molecular formula is C20H30F2O5. The zero-order valence-corrected chi connectivity index (χ0v) is 15.7. The van der Waals surface area contributed by atoms with E-state index in [1.807, 2.05) is 0 Å². The second-order valence-electron chi connectivity index (χ2n) is 7.49. The van der Waals surface area contributed by atoms with Crippen LogP contribution >= 0.6 is 0 Å². The number of rotatable bonds is 10. The molecule has 5 unspecified atom stereocenters. The van der Waals surface area contributed by atoms with Crippen molar-refractivity contribution in [3.05, 3.63) is 24.0 Å². The Kier molecular flexibility index (Phi) is 7.79. The minimum Gasteiger partial charge on any atom is -0.488 e. The molecule has 3 N–H and O–H groups in total. The third kappa shape index (κ3) is 5.51. The molecule has 154 valence electrons. The number of alkyl halides is 2.